The van der Waals surface area contributed by atoms with Crippen LogP contribution in [0.5, 0.6) is 5.75 Å². The number of nitrogens with two attached hydrogens (primary N) is 1. The molecule has 96 valence electrons. The second-order valence-electron chi connectivity index (χ2n) is 3.82. The van der Waals surface area contributed by atoms with Gasteiger partial charge in [-0.3, -0.25) is 0 Å². The fraction of sp³-hybridized carbons (Fsp3) is 0.538. The van der Waals surface area contributed by atoms with Crippen molar-refractivity contribution < 1.29 is 9.47 Å². The highest BCUT2D eigenvalue weighted by molar-refractivity contribution is 5.56. The van der Waals surface area contributed by atoms with Crippen LogP contribution < -0.4 is 15.4 Å². The van der Waals surface area contributed by atoms with Crippen LogP contribution in [0, 0.1) is 0 Å². The maximum atomic E-state index is 5.74. The highest BCUT2D eigenvalue weighted by Gasteiger charge is 2.07. The molecule has 0 aliphatic heterocycles. The second-order valence-corrected chi connectivity index (χ2v) is 3.82. The maximum Gasteiger partial charge on any atom is 0.120 e. The molecule has 0 saturated heterocycles. The zero-order valence-electron chi connectivity index (χ0n) is 10.9. The van der Waals surface area contributed by atoms with Crippen molar-refractivity contribution in [2.75, 3.05) is 38.8 Å². The van der Waals surface area contributed by atoms with E-state index in [0.29, 0.717) is 13.2 Å². The van der Waals surface area contributed by atoms with Gasteiger partial charge in [0.15, 0.2) is 0 Å². The van der Waals surface area contributed by atoms with Gasteiger partial charge in [-0.2, -0.15) is 0 Å². The molecule has 0 atom stereocenters. The Morgan fingerprint density at radius 1 is 1.35 bits per heavy atom. The van der Waals surface area contributed by atoms with Gasteiger partial charge in [0.1, 0.15) is 5.75 Å². The maximum absolute atomic E-state index is 5.74. The van der Waals surface area contributed by atoms with E-state index in [-0.39, 0.29) is 0 Å². The van der Waals surface area contributed by atoms with E-state index in [0.717, 1.165) is 30.2 Å². The van der Waals surface area contributed by atoms with Crippen LogP contribution in [0.1, 0.15) is 12.5 Å². The summed E-state index contributed by atoms with van der Waals surface area (Å²) in [6.45, 7) is 4.83. The number of benzene rings is 1. The fourth-order valence-electron chi connectivity index (χ4n) is 1.66. The van der Waals surface area contributed by atoms with Crippen LogP contribution in [0.3, 0.4) is 0 Å². The summed E-state index contributed by atoms with van der Waals surface area (Å²) in [5.41, 5.74) is 7.95. The second kappa shape index (κ2) is 7.14. The summed E-state index contributed by atoms with van der Waals surface area (Å²) >= 11 is 0. The van der Waals surface area contributed by atoms with E-state index < -0.39 is 0 Å². The molecule has 0 radical (unpaired) electrons. The van der Waals surface area contributed by atoms with Gasteiger partial charge in [-0.15, -0.1) is 0 Å². The number of ether oxygens (including phenoxy) is 2. The average molecular weight is 238 g/mol. The number of hydrogen-bond donors (Lipinski definition) is 1. The number of anilines is 1. The molecule has 0 aromatic heterocycles. The van der Waals surface area contributed by atoms with Gasteiger partial charge in [-0.05, 0) is 18.6 Å². The van der Waals surface area contributed by atoms with Gasteiger partial charge >= 0.3 is 0 Å². The molecule has 0 saturated carbocycles. The van der Waals surface area contributed by atoms with Crippen molar-refractivity contribution in [1.29, 1.82) is 0 Å². The van der Waals surface area contributed by atoms with Crippen molar-refractivity contribution in [2.24, 2.45) is 5.73 Å². The summed E-state index contributed by atoms with van der Waals surface area (Å²) in [6.07, 6.45) is 0. The lowest BCUT2D eigenvalue weighted by Crippen LogP contribution is -2.24. The lowest BCUT2D eigenvalue weighted by atomic mass is 10.1. The molecule has 0 amide bonds. The van der Waals surface area contributed by atoms with Crippen LogP contribution in [0.4, 0.5) is 5.69 Å². The summed E-state index contributed by atoms with van der Waals surface area (Å²) in [4.78, 5) is 2.14. The molecule has 0 aliphatic carbocycles. The van der Waals surface area contributed by atoms with Gasteiger partial charge in [0.25, 0.3) is 0 Å². The largest absolute Gasteiger partial charge is 0.497 e. The molecule has 4 heteroatoms. The van der Waals surface area contributed by atoms with E-state index in [4.69, 9.17) is 15.2 Å². The molecule has 0 unspecified atom stereocenters. The third-order valence-corrected chi connectivity index (χ3v) is 2.70. The molecule has 0 bridgehead atoms. The molecule has 0 spiro atoms. The number of likely N-dealkylation sites (N-methyl/N-ethyl adjacent to an activating group) is 1. The van der Waals surface area contributed by atoms with Crippen molar-refractivity contribution in [2.45, 2.75) is 13.5 Å². The van der Waals surface area contributed by atoms with Gasteiger partial charge in [-0.1, -0.05) is 6.07 Å². The Morgan fingerprint density at radius 3 is 2.71 bits per heavy atom. The van der Waals surface area contributed by atoms with Gasteiger partial charge in [-0.25, -0.2) is 0 Å². The Labute approximate surface area is 103 Å². The summed E-state index contributed by atoms with van der Waals surface area (Å²) in [7, 11) is 3.70. The highest BCUT2D eigenvalue weighted by Crippen LogP contribution is 2.24. The Balaban J connectivity index is 2.78. The van der Waals surface area contributed by atoms with E-state index in [2.05, 4.69) is 4.90 Å². The predicted octanol–water partition coefficient (Wildman–Crippen LogP) is 1.63. The first-order valence-corrected chi connectivity index (χ1v) is 5.88. The van der Waals surface area contributed by atoms with Crippen LogP contribution in [0.25, 0.3) is 0 Å². The van der Waals surface area contributed by atoms with E-state index >= 15 is 0 Å². The Morgan fingerprint density at radius 2 is 2.12 bits per heavy atom. The van der Waals surface area contributed by atoms with Crippen molar-refractivity contribution in [3.8, 4) is 5.75 Å². The average Bonchev–Trinajstić information content (AvgIpc) is 2.38. The van der Waals surface area contributed by atoms with Crippen molar-refractivity contribution in [3.63, 3.8) is 0 Å². The van der Waals surface area contributed by atoms with Crippen molar-refractivity contribution in [3.05, 3.63) is 23.8 Å². The van der Waals surface area contributed by atoms with Gasteiger partial charge in [0.05, 0.1) is 13.7 Å². The Kier molecular flexibility index (Phi) is 5.80. The predicted molar refractivity (Wildman–Crippen MR) is 70.6 cm³/mol. The number of methoxy groups -OCH3 is 1. The highest BCUT2D eigenvalue weighted by atomic mass is 16.5. The lowest BCUT2D eigenvalue weighted by Gasteiger charge is -2.22. The van der Waals surface area contributed by atoms with Crippen LogP contribution in [0.2, 0.25) is 0 Å². The number of hydrogen-bond acceptors (Lipinski definition) is 4. The first-order chi connectivity index (χ1) is 8.22. The Hall–Kier alpha value is -1.26. The van der Waals surface area contributed by atoms with E-state index in [1.54, 1.807) is 7.11 Å². The van der Waals surface area contributed by atoms with E-state index in [1.807, 2.05) is 32.2 Å². The van der Waals surface area contributed by atoms with E-state index in [1.165, 1.54) is 0 Å². The topological polar surface area (TPSA) is 47.7 Å². The molecule has 1 rings (SSSR count). The van der Waals surface area contributed by atoms with Crippen LogP contribution in [-0.2, 0) is 11.3 Å². The summed E-state index contributed by atoms with van der Waals surface area (Å²) < 4.78 is 10.6. The zero-order chi connectivity index (χ0) is 12.7. The third kappa shape index (κ3) is 3.91. The molecule has 0 heterocycles. The Bertz CT molecular complexity index is 342. The van der Waals surface area contributed by atoms with Gasteiger partial charge < -0.3 is 20.1 Å². The monoisotopic (exact) mass is 238 g/mol. The van der Waals surface area contributed by atoms with Crippen molar-refractivity contribution >= 4 is 5.69 Å². The number of rotatable bonds is 7. The van der Waals surface area contributed by atoms with Crippen molar-refractivity contribution in [1.82, 2.24) is 0 Å². The quantitative estimate of drug-likeness (QED) is 0.733. The standard InChI is InChI=1S/C13H22N2O2/c1-4-17-8-7-15(2)13-9-12(16-3)6-5-11(13)10-14/h5-6,9H,4,7-8,10,14H2,1-3H3. The molecular formula is C13H22N2O2. The minimum atomic E-state index is 0.526. The third-order valence-electron chi connectivity index (χ3n) is 2.70. The molecule has 1 aromatic carbocycles. The van der Waals surface area contributed by atoms with Gasteiger partial charge in [0.2, 0.25) is 0 Å². The molecular weight excluding hydrogens is 216 g/mol. The van der Waals surface area contributed by atoms with Crippen LogP contribution in [0.15, 0.2) is 18.2 Å². The van der Waals surface area contributed by atoms with Crippen LogP contribution in [-0.4, -0.2) is 33.9 Å². The van der Waals surface area contributed by atoms with E-state index in [9.17, 15) is 0 Å². The molecule has 4 nitrogen and oxygen atoms in total. The lowest BCUT2D eigenvalue weighted by molar-refractivity contribution is 0.154. The normalized spacial score (nSPS) is 10.4. The molecule has 1 aromatic rings. The zero-order valence-corrected chi connectivity index (χ0v) is 10.9. The number of nitrogens with zero attached hydrogens (tertiary/aromatic N) is 1. The first kappa shape index (κ1) is 13.8. The van der Waals surface area contributed by atoms with Crippen LogP contribution >= 0.6 is 0 Å². The summed E-state index contributed by atoms with van der Waals surface area (Å²) in [5.74, 6) is 0.848. The minimum absolute atomic E-state index is 0.526. The smallest absolute Gasteiger partial charge is 0.120 e. The van der Waals surface area contributed by atoms with Gasteiger partial charge in [0, 0.05) is 38.5 Å². The molecule has 17 heavy (non-hydrogen) atoms. The SMILES string of the molecule is CCOCCN(C)c1cc(OC)ccc1CN. The first-order valence-electron chi connectivity index (χ1n) is 5.88. The molecule has 0 aliphatic rings. The summed E-state index contributed by atoms with van der Waals surface area (Å²) in [5, 5.41) is 0. The minimum Gasteiger partial charge on any atom is -0.497 e. The summed E-state index contributed by atoms with van der Waals surface area (Å²) in [6, 6.07) is 5.95. The fourth-order valence-corrected chi connectivity index (χ4v) is 1.66. The molecule has 0 fully saturated rings. The molecule has 2 N–H and O–H groups in total.